The van der Waals surface area contributed by atoms with Gasteiger partial charge in [-0.1, -0.05) is 54.6 Å². The molecule has 0 saturated carbocycles. The summed E-state index contributed by atoms with van der Waals surface area (Å²) in [4.78, 5) is 13.7. The molecule has 0 aliphatic carbocycles. The van der Waals surface area contributed by atoms with Crippen LogP contribution in [-0.2, 0) is 0 Å². The SMILES string of the molecule is Cc1nc(N[C@@H](C)c2cccc(-c3ccccc3)c2)cc(-c2ccc3ncsc3c2)n1. The van der Waals surface area contributed by atoms with Crippen LogP contribution >= 0.6 is 11.3 Å². The molecule has 0 amide bonds. The van der Waals surface area contributed by atoms with E-state index in [1.165, 1.54) is 16.7 Å². The Morgan fingerprint density at radius 3 is 2.52 bits per heavy atom. The van der Waals surface area contributed by atoms with Gasteiger partial charge < -0.3 is 5.32 Å². The summed E-state index contributed by atoms with van der Waals surface area (Å²) in [6, 6.07) is 27.5. The first-order chi connectivity index (χ1) is 15.2. The summed E-state index contributed by atoms with van der Waals surface area (Å²) < 4.78 is 1.16. The van der Waals surface area contributed by atoms with Crippen LogP contribution in [0.4, 0.5) is 5.82 Å². The minimum absolute atomic E-state index is 0.106. The van der Waals surface area contributed by atoms with Crippen molar-refractivity contribution in [1.29, 1.82) is 0 Å². The fourth-order valence-electron chi connectivity index (χ4n) is 3.73. The van der Waals surface area contributed by atoms with Gasteiger partial charge in [0.25, 0.3) is 0 Å². The Morgan fingerprint density at radius 1 is 0.806 bits per heavy atom. The minimum atomic E-state index is 0.106. The van der Waals surface area contributed by atoms with Gasteiger partial charge in [-0.2, -0.15) is 0 Å². The molecule has 3 aromatic carbocycles. The van der Waals surface area contributed by atoms with Crippen molar-refractivity contribution in [2.24, 2.45) is 0 Å². The summed E-state index contributed by atoms with van der Waals surface area (Å²) in [6.45, 7) is 4.09. The van der Waals surface area contributed by atoms with Crippen molar-refractivity contribution in [3.8, 4) is 22.4 Å². The lowest BCUT2D eigenvalue weighted by Gasteiger charge is -2.17. The summed E-state index contributed by atoms with van der Waals surface area (Å²) in [5.41, 5.74) is 8.52. The van der Waals surface area contributed by atoms with E-state index < -0.39 is 0 Å². The highest BCUT2D eigenvalue weighted by atomic mass is 32.1. The molecular formula is C26H22N4S. The second kappa shape index (κ2) is 8.28. The molecule has 2 heterocycles. The third-order valence-electron chi connectivity index (χ3n) is 5.32. The van der Waals surface area contributed by atoms with E-state index in [2.05, 4.69) is 87.9 Å². The second-order valence-electron chi connectivity index (χ2n) is 7.58. The van der Waals surface area contributed by atoms with E-state index >= 15 is 0 Å². The molecule has 0 fully saturated rings. The third-order valence-corrected chi connectivity index (χ3v) is 6.11. The van der Waals surface area contributed by atoms with Gasteiger partial charge in [0.05, 0.1) is 21.4 Å². The Kier molecular flexibility index (Phi) is 5.18. The first-order valence-electron chi connectivity index (χ1n) is 10.3. The minimum Gasteiger partial charge on any atom is -0.363 e. The summed E-state index contributed by atoms with van der Waals surface area (Å²) >= 11 is 1.64. The fraction of sp³-hybridized carbons (Fsp3) is 0.115. The van der Waals surface area contributed by atoms with E-state index in [1.807, 2.05) is 30.6 Å². The van der Waals surface area contributed by atoms with Crippen LogP contribution in [-0.4, -0.2) is 15.0 Å². The maximum atomic E-state index is 4.66. The molecule has 4 nitrogen and oxygen atoms in total. The summed E-state index contributed by atoms with van der Waals surface area (Å²) in [6.07, 6.45) is 0. The Bertz CT molecular complexity index is 1340. The van der Waals surface area contributed by atoms with Crippen LogP contribution in [0.2, 0.25) is 0 Å². The quantitative estimate of drug-likeness (QED) is 0.335. The van der Waals surface area contributed by atoms with Crippen molar-refractivity contribution in [3.05, 3.63) is 95.8 Å². The largest absolute Gasteiger partial charge is 0.363 e. The fourth-order valence-corrected chi connectivity index (χ4v) is 4.44. The summed E-state index contributed by atoms with van der Waals surface area (Å²) in [5.74, 6) is 1.57. The molecule has 0 spiro atoms. The smallest absolute Gasteiger partial charge is 0.130 e. The average Bonchev–Trinajstić information content (AvgIpc) is 3.27. The molecule has 0 saturated heterocycles. The molecular weight excluding hydrogens is 400 g/mol. The lowest BCUT2D eigenvalue weighted by molar-refractivity contribution is 0.868. The lowest BCUT2D eigenvalue weighted by atomic mass is 10.00. The molecule has 2 aromatic heterocycles. The molecule has 31 heavy (non-hydrogen) atoms. The number of aryl methyl sites for hydroxylation is 1. The molecule has 0 radical (unpaired) electrons. The average molecular weight is 423 g/mol. The van der Waals surface area contributed by atoms with Gasteiger partial charge in [-0.25, -0.2) is 15.0 Å². The normalized spacial score (nSPS) is 12.1. The zero-order valence-electron chi connectivity index (χ0n) is 17.4. The molecule has 1 atom stereocenters. The number of nitrogens with one attached hydrogen (secondary N) is 1. The molecule has 5 rings (SSSR count). The molecule has 152 valence electrons. The van der Waals surface area contributed by atoms with Crippen LogP contribution in [0.5, 0.6) is 0 Å². The van der Waals surface area contributed by atoms with Crippen LogP contribution in [0.1, 0.15) is 24.4 Å². The van der Waals surface area contributed by atoms with Crippen LogP contribution in [0.15, 0.2) is 84.4 Å². The van der Waals surface area contributed by atoms with E-state index in [0.717, 1.165) is 33.1 Å². The van der Waals surface area contributed by atoms with Gasteiger partial charge >= 0.3 is 0 Å². The predicted octanol–water partition coefficient (Wildman–Crippen LogP) is 6.90. The van der Waals surface area contributed by atoms with Gasteiger partial charge in [0.1, 0.15) is 11.6 Å². The number of fused-ring (bicyclic) bond motifs is 1. The Labute approximate surface area is 185 Å². The van der Waals surface area contributed by atoms with Gasteiger partial charge in [-0.15, -0.1) is 11.3 Å². The highest BCUT2D eigenvalue weighted by Crippen LogP contribution is 2.28. The third kappa shape index (κ3) is 4.18. The molecule has 1 N–H and O–H groups in total. The predicted molar refractivity (Wildman–Crippen MR) is 129 cm³/mol. The van der Waals surface area contributed by atoms with Crippen LogP contribution < -0.4 is 5.32 Å². The van der Waals surface area contributed by atoms with Crippen LogP contribution in [0.3, 0.4) is 0 Å². The van der Waals surface area contributed by atoms with Crippen molar-refractivity contribution in [2.75, 3.05) is 5.32 Å². The number of nitrogens with zero attached hydrogens (tertiary/aromatic N) is 3. The highest BCUT2D eigenvalue weighted by Gasteiger charge is 2.11. The maximum Gasteiger partial charge on any atom is 0.130 e. The number of aromatic nitrogens is 3. The van der Waals surface area contributed by atoms with Crippen molar-refractivity contribution in [3.63, 3.8) is 0 Å². The number of benzene rings is 3. The van der Waals surface area contributed by atoms with Crippen molar-refractivity contribution in [2.45, 2.75) is 19.9 Å². The monoisotopic (exact) mass is 422 g/mol. The molecule has 5 aromatic rings. The molecule has 0 aliphatic rings. The number of anilines is 1. The van der Waals surface area contributed by atoms with E-state index in [1.54, 1.807) is 11.3 Å². The number of thiazole rings is 1. The van der Waals surface area contributed by atoms with Gasteiger partial charge in [0.15, 0.2) is 0 Å². The Morgan fingerprint density at radius 2 is 1.65 bits per heavy atom. The van der Waals surface area contributed by atoms with Crippen LogP contribution in [0.25, 0.3) is 32.6 Å². The topological polar surface area (TPSA) is 50.7 Å². The number of hydrogen-bond donors (Lipinski definition) is 1. The summed E-state index contributed by atoms with van der Waals surface area (Å²) in [5, 5.41) is 3.56. The van der Waals surface area contributed by atoms with Crippen molar-refractivity contribution in [1.82, 2.24) is 15.0 Å². The molecule has 0 aliphatic heterocycles. The van der Waals surface area contributed by atoms with E-state index in [-0.39, 0.29) is 6.04 Å². The van der Waals surface area contributed by atoms with E-state index in [4.69, 9.17) is 0 Å². The zero-order chi connectivity index (χ0) is 21.2. The maximum absolute atomic E-state index is 4.66. The van der Waals surface area contributed by atoms with Gasteiger partial charge in [0.2, 0.25) is 0 Å². The van der Waals surface area contributed by atoms with Crippen LogP contribution in [0, 0.1) is 6.92 Å². The Balaban J connectivity index is 1.42. The first kappa shape index (κ1) is 19.4. The van der Waals surface area contributed by atoms with Crippen molar-refractivity contribution >= 4 is 27.4 Å². The second-order valence-corrected chi connectivity index (χ2v) is 8.46. The first-order valence-corrected chi connectivity index (χ1v) is 11.1. The summed E-state index contributed by atoms with van der Waals surface area (Å²) in [7, 11) is 0. The zero-order valence-corrected chi connectivity index (χ0v) is 18.2. The standard InChI is InChI=1S/C26H22N4S/c1-17(20-9-6-10-21(13-20)19-7-4-3-5-8-19)28-26-15-24(29-18(2)30-26)22-11-12-23-25(14-22)31-16-27-23/h3-17H,1-2H3,(H,28,29,30)/t17-/m0/s1. The number of hydrogen-bond acceptors (Lipinski definition) is 5. The molecule has 0 bridgehead atoms. The van der Waals surface area contributed by atoms with E-state index in [0.29, 0.717) is 0 Å². The van der Waals surface area contributed by atoms with Gasteiger partial charge in [-0.3, -0.25) is 0 Å². The van der Waals surface area contributed by atoms with E-state index in [9.17, 15) is 0 Å². The molecule has 0 unspecified atom stereocenters. The van der Waals surface area contributed by atoms with Crippen molar-refractivity contribution < 1.29 is 0 Å². The van der Waals surface area contributed by atoms with Gasteiger partial charge in [0, 0.05) is 17.7 Å². The Hall–Kier alpha value is -3.57. The number of rotatable bonds is 5. The highest BCUT2D eigenvalue weighted by molar-refractivity contribution is 7.16. The lowest BCUT2D eigenvalue weighted by Crippen LogP contribution is -2.09. The van der Waals surface area contributed by atoms with Gasteiger partial charge in [-0.05, 0) is 48.7 Å². The molecule has 5 heteroatoms.